The third kappa shape index (κ3) is 3.75. The Morgan fingerprint density at radius 1 is 1.05 bits per heavy atom. The Balaban J connectivity index is 1.99. The van der Waals surface area contributed by atoms with Gasteiger partial charge in [0.25, 0.3) is 0 Å². The van der Waals surface area contributed by atoms with E-state index in [9.17, 15) is 4.79 Å². The van der Waals surface area contributed by atoms with E-state index < -0.39 is 0 Å². The van der Waals surface area contributed by atoms with E-state index in [-0.39, 0.29) is 12.5 Å². The fourth-order valence-corrected chi connectivity index (χ4v) is 2.20. The molecule has 0 atom stereocenters. The standard InChI is InChI=1S/C17H20N2O2/c1-12-7-6-8-13(2)17(12)18-11-16(20)19-14-9-4-5-10-15(14)21-3/h4-10,18H,11H2,1-3H3,(H,19,20). The topological polar surface area (TPSA) is 50.4 Å². The summed E-state index contributed by atoms with van der Waals surface area (Å²) < 4.78 is 5.21. The molecule has 0 unspecified atom stereocenters. The molecule has 4 heteroatoms. The molecule has 0 heterocycles. The average Bonchev–Trinajstić information content (AvgIpc) is 2.47. The Labute approximate surface area is 125 Å². The van der Waals surface area contributed by atoms with Gasteiger partial charge < -0.3 is 15.4 Å². The molecule has 110 valence electrons. The Hall–Kier alpha value is -2.49. The third-order valence-corrected chi connectivity index (χ3v) is 3.29. The Morgan fingerprint density at radius 2 is 1.71 bits per heavy atom. The summed E-state index contributed by atoms with van der Waals surface area (Å²) in [6, 6.07) is 13.4. The number of amides is 1. The van der Waals surface area contributed by atoms with Crippen molar-refractivity contribution in [2.45, 2.75) is 13.8 Å². The van der Waals surface area contributed by atoms with Crippen LogP contribution in [-0.4, -0.2) is 19.6 Å². The molecule has 21 heavy (non-hydrogen) atoms. The number of benzene rings is 2. The van der Waals surface area contributed by atoms with Gasteiger partial charge in [-0.1, -0.05) is 30.3 Å². The van der Waals surface area contributed by atoms with Crippen molar-refractivity contribution in [1.29, 1.82) is 0 Å². The number of rotatable bonds is 5. The minimum atomic E-state index is -0.109. The molecule has 0 saturated heterocycles. The minimum absolute atomic E-state index is 0.109. The summed E-state index contributed by atoms with van der Waals surface area (Å²) in [5.41, 5.74) is 3.93. The first-order chi connectivity index (χ1) is 10.1. The number of aryl methyl sites for hydroxylation is 2. The van der Waals surface area contributed by atoms with Crippen LogP contribution < -0.4 is 15.4 Å². The normalized spacial score (nSPS) is 10.0. The van der Waals surface area contributed by atoms with E-state index in [1.54, 1.807) is 7.11 Å². The predicted molar refractivity (Wildman–Crippen MR) is 86.0 cm³/mol. The SMILES string of the molecule is COc1ccccc1NC(=O)CNc1c(C)cccc1C. The van der Waals surface area contributed by atoms with Crippen LogP contribution in [-0.2, 0) is 4.79 Å². The van der Waals surface area contributed by atoms with Crippen LogP contribution in [0.5, 0.6) is 5.75 Å². The number of carbonyl (C=O) groups excluding carboxylic acids is 1. The van der Waals surface area contributed by atoms with Gasteiger partial charge in [-0.2, -0.15) is 0 Å². The summed E-state index contributed by atoms with van der Waals surface area (Å²) in [7, 11) is 1.58. The van der Waals surface area contributed by atoms with Gasteiger partial charge in [0.05, 0.1) is 19.3 Å². The second kappa shape index (κ2) is 6.79. The van der Waals surface area contributed by atoms with E-state index in [0.717, 1.165) is 16.8 Å². The highest BCUT2D eigenvalue weighted by atomic mass is 16.5. The first-order valence-electron chi connectivity index (χ1n) is 6.84. The van der Waals surface area contributed by atoms with Gasteiger partial charge in [-0.25, -0.2) is 0 Å². The zero-order valence-electron chi connectivity index (χ0n) is 12.6. The number of methoxy groups -OCH3 is 1. The van der Waals surface area contributed by atoms with Gasteiger partial charge in [0.2, 0.25) is 5.91 Å². The van der Waals surface area contributed by atoms with Crippen LogP contribution >= 0.6 is 0 Å². The summed E-state index contributed by atoms with van der Waals surface area (Å²) in [5, 5.41) is 6.03. The van der Waals surface area contributed by atoms with E-state index in [2.05, 4.69) is 10.6 Å². The Bertz CT molecular complexity index is 618. The van der Waals surface area contributed by atoms with Gasteiger partial charge in [0.15, 0.2) is 0 Å². The van der Waals surface area contributed by atoms with Crippen LogP contribution in [0.15, 0.2) is 42.5 Å². The minimum Gasteiger partial charge on any atom is -0.495 e. The van der Waals surface area contributed by atoms with Crippen molar-refractivity contribution in [2.24, 2.45) is 0 Å². The molecule has 0 aliphatic rings. The maximum atomic E-state index is 12.0. The van der Waals surface area contributed by atoms with Crippen LogP contribution in [0.3, 0.4) is 0 Å². The molecule has 0 spiro atoms. The van der Waals surface area contributed by atoms with Gasteiger partial charge in [-0.15, -0.1) is 0 Å². The fraction of sp³-hybridized carbons (Fsp3) is 0.235. The first-order valence-corrected chi connectivity index (χ1v) is 6.84. The van der Waals surface area contributed by atoms with Crippen LogP contribution in [0.25, 0.3) is 0 Å². The fourth-order valence-electron chi connectivity index (χ4n) is 2.20. The summed E-state index contributed by atoms with van der Waals surface area (Å²) in [6.45, 7) is 4.25. The van der Waals surface area contributed by atoms with Crippen LogP contribution in [0, 0.1) is 13.8 Å². The number of carbonyl (C=O) groups is 1. The van der Waals surface area contributed by atoms with Crippen LogP contribution in [0.2, 0.25) is 0 Å². The van der Waals surface area contributed by atoms with Gasteiger partial charge in [-0.3, -0.25) is 4.79 Å². The van der Waals surface area contributed by atoms with E-state index in [0.29, 0.717) is 11.4 Å². The summed E-state index contributed by atoms with van der Waals surface area (Å²) in [4.78, 5) is 12.0. The smallest absolute Gasteiger partial charge is 0.243 e. The van der Waals surface area contributed by atoms with Crippen molar-refractivity contribution in [3.63, 3.8) is 0 Å². The average molecular weight is 284 g/mol. The Morgan fingerprint density at radius 3 is 2.38 bits per heavy atom. The molecule has 2 N–H and O–H groups in total. The van der Waals surface area contributed by atoms with E-state index in [1.807, 2.05) is 56.3 Å². The highest BCUT2D eigenvalue weighted by Gasteiger charge is 2.08. The van der Waals surface area contributed by atoms with Gasteiger partial charge in [0, 0.05) is 5.69 Å². The number of hydrogen-bond donors (Lipinski definition) is 2. The van der Waals surface area contributed by atoms with Gasteiger partial charge in [-0.05, 0) is 37.1 Å². The lowest BCUT2D eigenvalue weighted by Gasteiger charge is -2.13. The maximum absolute atomic E-state index is 12.0. The van der Waals surface area contributed by atoms with Crippen molar-refractivity contribution in [1.82, 2.24) is 0 Å². The van der Waals surface area contributed by atoms with E-state index in [4.69, 9.17) is 4.74 Å². The number of ether oxygens (including phenoxy) is 1. The molecule has 2 rings (SSSR count). The molecule has 0 aliphatic carbocycles. The molecule has 0 fully saturated rings. The lowest BCUT2D eigenvalue weighted by molar-refractivity contribution is -0.114. The van der Waals surface area contributed by atoms with Crippen molar-refractivity contribution in [3.8, 4) is 5.75 Å². The van der Waals surface area contributed by atoms with Crippen molar-refractivity contribution in [2.75, 3.05) is 24.3 Å². The van der Waals surface area contributed by atoms with Crippen molar-refractivity contribution < 1.29 is 9.53 Å². The van der Waals surface area contributed by atoms with E-state index in [1.165, 1.54) is 0 Å². The molecular formula is C17H20N2O2. The summed E-state index contributed by atoms with van der Waals surface area (Å²) in [5.74, 6) is 0.542. The van der Waals surface area contributed by atoms with Crippen molar-refractivity contribution in [3.05, 3.63) is 53.6 Å². The summed E-state index contributed by atoms with van der Waals surface area (Å²) in [6.07, 6.45) is 0. The number of para-hydroxylation sites is 3. The molecule has 0 aliphatic heterocycles. The molecule has 0 aromatic heterocycles. The predicted octanol–water partition coefficient (Wildman–Crippen LogP) is 3.36. The van der Waals surface area contributed by atoms with Gasteiger partial charge in [0.1, 0.15) is 5.75 Å². The zero-order chi connectivity index (χ0) is 15.2. The monoisotopic (exact) mass is 284 g/mol. The number of anilines is 2. The summed E-state index contributed by atoms with van der Waals surface area (Å²) >= 11 is 0. The lowest BCUT2D eigenvalue weighted by Crippen LogP contribution is -2.22. The first kappa shape index (κ1) is 14.9. The van der Waals surface area contributed by atoms with E-state index >= 15 is 0 Å². The van der Waals surface area contributed by atoms with Crippen molar-refractivity contribution >= 4 is 17.3 Å². The molecule has 4 nitrogen and oxygen atoms in total. The number of hydrogen-bond acceptors (Lipinski definition) is 3. The Kier molecular flexibility index (Phi) is 4.82. The quantitative estimate of drug-likeness (QED) is 0.885. The largest absolute Gasteiger partial charge is 0.495 e. The number of nitrogens with one attached hydrogen (secondary N) is 2. The zero-order valence-corrected chi connectivity index (χ0v) is 12.6. The highest BCUT2D eigenvalue weighted by Crippen LogP contribution is 2.23. The second-order valence-electron chi connectivity index (χ2n) is 4.87. The van der Waals surface area contributed by atoms with Gasteiger partial charge >= 0.3 is 0 Å². The van der Waals surface area contributed by atoms with Crippen LogP contribution in [0.4, 0.5) is 11.4 Å². The second-order valence-corrected chi connectivity index (χ2v) is 4.87. The molecule has 0 saturated carbocycles. The molecule has 1 amide bonds. The molecular weight excluding hydrogens is 264 g/mol. The highest BCUT2D eigenvalue weighted by molar-refractivity contribution is 5.95. The maximum Gasteiger partial charge on any atom is 0.243 e. The lowest BCUT2D eigenvalue weighted by atomic mass is 10.1. The molecule has 2 aromatic rings. The molecule has 0 bridgehead atoms. The molecule has 2 aromatic carbocycles. The molecule has 0 radical (unpaired) electrons. The third-order valence-electron chi connectivity index (χ3n) is 3.29. The van der Waals surface area contributed by atoms with Crippen LogP contribution in [0.1, 0.15) is 11.1 Å².